The minimum Gasteiger partial charge on any atom is -0.356 e. The summed E-state index contributed by atoms with van der Waals surface area (Å²) >= 11 is 0. The Morgan fingerprint density at radius 3 is 2.71 bits per heavy atom. The zero-order chi connectivity index (χ0) is 12.9. The zero-order valence-corrected chi connectivity index (χ0v) is 11.3. The van der Waals surface area contributed by atoms with E-state index < -0.39 is 9.84 Å². The Balaban J connectivity index is 2.24. The van der Waals surface area contributed by atoms with Gasteiger partial charge in [-0.3, -0.25) is 4.79 Å². The second kappa shape index (κ2) is 6.35. The van der Waals surface area contributed by atoms with E-state index in [9.17, 15) is 13.2 Å². The number of hydrogen-bond donors (Lipinski definition) is 2. The van der Waals surface area contributed by atoms with Crippen molar-refractivity contribution < 1.29 is 13.2 Å². The SMILES string of the molecule is CCNCC(C)C(=O)NCC1CCS(=O)(=O)C1. The molecule has 1 saturated heterocycles. The Kier molecular flexibility index (Phi) is 5.39. The van der Waals surface area contributed by atoms with Crippen LogP contribution in [0.3, 0.4) is 0 Å². The smallest absolute Gasteiger partial charge is 0.224 e. The van der Waals surface area contributed by atoms with E-state index in [1.807, 2.05) is 13.8 Å². The third kappa shape index (κ3) is 5.04. The highest BCUT2D eigenvalue weighted by atomic mass is 32.2. The first-order chi connectivity index (χ1) is 7.94. The molecule has 0 aromatic rings. The molecule has 1 fully saturated rings. The summed E-state index contributed by atoms with van der Waals surface area (Å²) in [6.45, 7) is 5.84. The summed E-state index contributed by atoms with van der Waals surface area (Å²) in [6, 6.07) is 0. The lowest BCUT2D eigenvalue weighted by Gasteiger charge is -2.14. The minimum absolute atomic E-state index is 0.00440. The van der Waals surface area contributed by atoms with Crippen molar-refractivity contribution in [2.75, 3.05) is 31.1 Å². The van der Waals surface area contributed by atoms with Crippen LogP contribution in [0.15, 0.2) is 0 Å². The molecule has 0 aliphatic carbocycles. The predicted octanol–water partition coefficient (Wildman–Crippen LogP) is -0.217. The molecule has 2 N–H and O–H groups in total. The highest BCUT2D eigenvalue weighted by Gasteiger charge is 2.28. The van der Waals surface area contributed by atoms with Crippen LogP contribution in [-0.4, -0.2) is 45.5 Å². The molecule has 100 valence electrons. The van der Waals surface area contributed by atoms with Gasteiger partial charge in [0.2, 0.25) is 5.91 Å². The largest absolute Gasteiger partial charge is 0.356 e. The number of nitrogens with one attached hydrogen (secondary N) is 2. The molecule has 2 unspecified atom stereocenters. The number of hydrogen-bond acceptors (Lipinski definition) is 4. The number of rotatable bonds is 6. The van der Waals surface area contributed by atoms with E-state index in [4.69, 9.17) is 0 Å². The topological polar surface area (TPSA) is 75.3 Å². The summed E-state index contributed by atoms with van der Waals surface area (Å²) in [7, 11) is -2.84. The van der Waals surface area contributed by atoms with Gasteiger partial charge in [0.15, 0.2) is 9.84 Å². The zero-order valence-electron chi connectivity index (χ0n) is 10.5. The molecule has 1 aliphatic rings. The van der Waals surface area contributed by atoms with Crippen LogP contribution in [-0.2, 0) is 14.6 Å². The number of amides is 1. The summed E-state index contributed by atoms with van der Waals surface area (Å²) < 4.78 is 22.5. The Bertz CT molecular complexity index is 354. The molecule has 0 bridgehead atoms. The average Bonchev–Trinajstić information content (AvgIpc) is 2.62. The molecular weight excluding hydrogens is 240 g/mol. The fraction of sp³-hybridized carbons (Fsp3) is 0.909. The first kappa shape index (κ1) is 14.4. The van der Waals surface area contributed by atoms with Gasteiger partial charge in [-0.25, -0.2) is 8.42 Å². The average molecular weight is 262 g/mol. The van der Waals surface area contributed by atoms with Gasteiger partial charge < -0.3 is 10.6 Å². The number of carbonyl (C=O) groups excluding carboxylic acids is 1. The number of sulfone groups is 1. The molecule has 6 heteroatoms. The summed E-state index contributed by atoms with van der Waals surface area (Å²) in [5.74, 6) is 0.494. The van der Waals surface area contributed by atoms with Crippen LogP contribution in [0.25, 0.3) is 0 Å². The van der Waals surface area contributed by atoms with Crippen molar-refractivity contribution in [3.8, 4) is 0 Å². The van der Waals surface area contributed by atoms with Crippen LogP contribution in [0.4, 0.5) is 0 Å². The van der Waals surface area contributed by atoms with Crippen molar-refractivity contribution in [1.82, 2.24) is 10.6 Å². The third-order valence-corrected chi connectivity index (χ3v) is 4.88. The molecule has 17 heavy (non-hydrogen) atoms. The quantitative estimate of drug-likeness (QED) is 0.694. The van der Waals surface area contributed by atoms with Crippen molar-refractivity contribution in [2.24, 2.45) is 11.8 Å². The molecular formula is C11H22N2O3S. The molecule has 0 spiro atoms. The van der Waals surface area contributed by atoms with Gasteiger partial charge >= 0.3 is 0 Å². The van der Waals surface area contributed by atoms with Gasteiger partial charge in [0.1, 0.15) is 0 Å². The minimum atomic E-state index is -2.84. The van der Waals surface area contributed by atoms with Crippen molar-refractivity contribution in [1.29, 1.82) is 0 Å². The second-order valence-electron chi connectivity index (χ2n) is 4.72. The van der Waals surface area contributed by atoms with Crippen molar-refractivity contribution >= 4 is 15.7 Å². The lowest BCUT2D eigenvalue weighted by atomic mass is 10.1. The summed E-state index contributed by atoms with van der Waals surface area (Å²) in [5, 5.41) is 5.94. The van der Waals surface area contributed by atoms with Crippen LogP contribution in [0.2, 0.25) is 0 Å². The summed E-state index contributed by atoms with van der Waals surface area (Å²) in [5.41, 5.74) is 0. The van der Waals surface area contributed by atoms with E-state index in [0.29, 0.717) is 19.5 Å². The monoisotopic (exact) mass is 262 g/mol. The first-order valence-corrected chi connectivity index (χ1v) is 7.95. The standard InChI is InChI=1S/C11H22N2O3S/c1-3-12-6-9(2)11(14)13-7-10-4-5-17(15,16)8-10/h9-10,12H,3-8H2,1-2H3,(H,13,14). The maximum Gasteiger partial charge on any atom is 0.224 e. The van der Waals surface area contributed by atoms with Gasteiger partial charge in [0, 0.05) is 19.0 Å². The lowest BCUT2D eigenvalue weighted by molar-refractivity contribution is -0.124. The van der Waals surface area contributed by atoms with Crippen molar-refractivity contribution in [2.45, 2.75) is 20.3 Å². The van der Waals surface area contributed by atoms with E-state index >= 15 is 0 Å². The van der Waals surface area contributed by atoms with E-state index in [-0.39, 0.29) is 29.2 Å². The Hall–Kier alpha value is -0.620. The second-order valence-corrected chi connectivity index (χ2v) is 6.95. The highest BCUT2D eigenvalue weighted by molar-refractivity contribution is 7.91. The lowest BCUT2D eigenvalue weighted by Crippen LogP contribution is -2.37. The highest BCUT2D eigenvalue weighted by Crippen LogP contribution is 2.17. The van der Waals surface area contributed by atoms with Crippen molar-refractivity contribution in [3.63, 3.8) is 0 Å². The molecule has 1 aliphatic heterocycles. The molecule has 0 saturated carbocycles. The van der Waals surface area contributed by atoms with E-state index in [1.54, 1.807) is 0 Å². The molecule has 2 atom stereocenters. The van der Waals surface area contributed by atoms with Crippen molar-refractivity contribution in [3.05, 3.63) is 0 Å². The molecule has 1 heterocycles. The molecule has 1 amide bonds. The van der Waals surface area contributed by atoms with Crippen LogP contribution in [0, 0.1) is 11.8 Å². The molecule has 0 aromatic heterocycles. The Morgan fingerprint density at radius 2 is 2.18 bits per heavy atom. The molecule has 5 nitrogen and oxygen atoms in total. The first-order valence-electron chi connectivity index (χ1n) is 6.13. The fourth-order valence-electron chi connectivity index (χ4n) is 1.91. The summed E-state index contributed by atoms with van der Waals surface area (Å²) in [4.78, 5) is 11.7. The van der Waals surface area contributed by atoms with E-state index in [0.717, 1.165) is 6.54 Å². The number of carbonyl (C=O) groups is 1. The summed E-state index contributed by atoms with van der Waals surface area (Å²) in [6.07, 6.45) is 0.671. The van der Waals surface area contributed by atoms with Gasteiger partial charge in [-0.1, -0.05) is 13.8 Å². The maximum absolute atomic E-state index is 11.7. The van der Waals surface area contributed by atoms with E-state index in [1.165, 1.54) is 0 Å². The van der Waals surface area contributed by atoms with Gasteiger partial charge in [-0.15, -0.1) is 0 Å². The van der Waals surface area contributed by atoms with Crippen LogP contribution in [0.5, 0.6) is 0 Å². The normalized spacial score (nSPS) is 24.5. The third-order valence-electron chi connectivity index (χ3n) is 3.04. The predicted molar refractivity (Wildman–Crippen MR) is 67.5 cm³/mol. The fourth-order valence-corrected chi connectivity index (χ4v) is 3.77. The van der Waals surface area contributed by atoms with E-state index in [2.05, 4.69) is 10.6 Å². The van der Waals surface area contributed by atoms with Gasteiger partial charge in [0.25, 0.3) is 0 Å². The van der Waals surface area contributed by atoms with Gasteiger partial charge in [-0.05, 0) is 18.9 Å². The Morgan fingerprint density at radius 1 is 1.47 bits per heavy atom. The maximum atomic E-state index is 11.7. The van der Waals surface area contributed by atoms with Gasteiger partial charge in [0.05, 0.1) is 11.5 Å². The van der Waals surface area contributed by atoms with Crippen LogP contribution >= 0.6 is 0 Å². The molecule has 0 radical (unpaired) electrons. The Labute approximate surface area is 103 Å². The molecule has 1 rings (SSSR count). The molecule has 0 aromatic carbocycles. The van der Waals surface area contributed by atoms with Gasteiger partial charge in [-0.2, -0.15) is 0 Å². The van der Waals surface area contributed by atoms with Crippen LogP contribution in [0.1, 0.15) is 20.3 Å². The van der Waals surface area contributed by atoms with Crippen LogP contribution < -0.4 is 10.6 Å².